The fourth-order valence-corrected chi connectivity index (χ4v) is 3.29. The maximum atomic E-state index is 12.9. The Kier molecular flexibility index (Phi) is 6.56. The van der Waals surface area contributed by atoms with E-state index in [1.165, 1.54) is 7.11 Å². The molecule has 0 radical (unpaired) electrons. The second kappa shape index (κ2) is 8.36. The quantitative estimate of drug-likeness (QED) is 0.690. The van der Waals surface area contributed by atoms with Gasteiger partial charge in [-0.3, -0.25) is 4.79 Å². The van der Waals surface area contributed by atoms with E-state index < -0.39 is 23.6 Å². The van der Waals surface area contributed by atoms with Crippen molar-refractivity contribution in [2.24, 2.45) is 0 Å². The molecular weight excluding hydrogens is 404 g/mol. The summed E-state index contributed by atoms with van der Waals surface area (Å²) >= 11 is 11.4. The first kappa shape index (κ1) is 22.0. The summed E-state index contributed by atoms with van der Waals surface area (Å²) in [5, 5.41) is 13.6. The van der Waals surface area contributed by atoms with E-state index in [9.17, 15) is 14.7 Å². The van der Waals surface area contributed by atoms with Crippen LogP contribution in [0.2, 0.25) is 5.02 Å². The lowest BCUT2D eigenvalue weighted by Gasteiger charge is -2.34. The van der Waals surface area contributed by atoms with E-state index in [1.807, 2.05) is 0 Å². The molecule has 0 saturated heterocycles. The molecule has 2 rings (SSSR count). The van der Waals surface area contributed by atoms with Crippen LogP contribution in [-0.2, 0) is 9.53 Å². The number of anilines is 1. The molecule has 2 amide bonds. The van der Waals surface area contributed by atoms with E-state index in [0.29, 0.717) is 16.5 Å². The zero-order valence-corrected chi connectivity index (χ0v) is 17.9. The molecule has 0 spiro atoms. The van der Waals surface area contributed by atoms with Crippen molar-refractivity contribution in [3.63, 3.8) is 0 Å². The van der Waals surface area contributed by atoms with Gasteiger partial charge in [-0.15, -0.1) is 0 Å². The van der Waals surface area contributed by atoms with Crippen LogP contribution in [0.25, 0.3) is 0 Å². The minimum absolute atomic E-state index is 0.0523. The molecule has 1 aromatic rings. The number of rotatable bonds is 3. The predicted molar refractivity (Wildman–Crippen MR) is 111 cm³/mol. The molecule has 0 fully saturated rings. The molecule has 28 heavy (non-hydrogen) atoms. The number of imide groups is 1. The zero-order chi connectivity index (χ0) is 21.2. The summed E-state index contributed by atoms with van der Waals surface area (Å²) in [5.41, 5.74) is -0.510. The van der Waals surface area contributed by atoms with E-state index in [1.54, 1.807) is 45.9 Å². The Labute approximate surface area is 174 Å². The monoisotopic (exact) mass is 426 g/mol. The molecule has 0 saturated carbocycles. The van der Waals surface area contributed by atoms with Crippen molar-refractivity contribution in [2.75, 3.05) is 12.4 Å². The van der Waals surface area contributed by atoms with Crippen molar-refractivity contribution in [1.29, 1.82) is 0 Å². The maximum absolute atomic E-state index is 12.9. The molecule has 0 aliphatic carbocycles. The first-order chi connectivity index (χ1) is 13.0. The number of thiocarbonyl (C=S) groups is 1. The van der Waals surface area contributed by atoms with Crippen LogP contribution in [0.3, 0.4) is 0 Å². The summed E-state index contributed by atoms with van der Waals surface area (Å²) in [6, 6.07) is 4.41. The Hall–Kier alpha value is -2.32. The summed E-state index contributed by atoms with van der Waals surface area (Å²) < 4.78 is 10.6. The molecule has 1 aliphatic heterocycles. The third-order valence-electron chi connectivity index (χ3n) is 3.89. The number of benzene rings is 1. The van der Waals surface area contributed by atoms with Gasteiger partial charge in [-0.05, 0) is 39.8 Å². The van der Waals surface area contributed by atoms with Crippen molar-refractivity contribution in [3.05, 3.63) is 34.6 Å². The molecule has 2 N–H and O–H groups in total. The van der Waals surface area contributed by atoms with Crippen LogP contribution in [0.1, 0.15) is 34.1 Å². The smallest absolute Gasteiger partial charge is 0.417 e. The number of nitrogens with zero attached hydrogens (tertiary/aromatic N) is 1. The van der Waals surface area contributed by atoms with Gasteiger partial charge in [0.1, 0.15) is 21.9 Å². The van der Waals surface area contributed by atoms with Gasteiger partial charge in [-0.1, -0.05) is 29.9 Å². The number of amides is 2. The number of halogens is 1. The lowest BCUT2D eigenvalue weighted by Crippen LogP contribution is -2.50. The van der Waals surface area contributed by atoms with Gasteiger partial charge < -0.3 is 19.9 Å². The molecule has 7 nitrogen and oxygen atoms in total. The average Bonchev–Trinajstić information content (AvgIpc) is 2.52. The molecule has 1 unspecified atom stereocenters. The van der Waals surface area contributed by atoms with Gasteiger partial charge in [0.15, 0.2) is 5.75 Å². The minimum Gasteiger partial charge on any atom is -0.511 e. The number of nitrogens with one attached hydrogen (secondary N) is 1. The molecule has 1 aliphatic rings. The van der Waals surface area contributed by atoms with Crippen LogP contribution in [0.15, 0.2) is 29.5 Å². The Morgan fingerprint density at radius 3 is 2.61 bits per heavy atom. The van der Waals surface area contributed by atoms with Crippen LogP contribution in [0.4, 0.5) is 10.5 Å². The number of aliphatic hydroxyl groups is 1. The van der Waals surface area contributed by atoms with Crippen LogP contribution < -0.4 is 10.1 Å². The van der Waals surface area contributed by atoms with Crippen LogP contribution in [-0.4, -0.2) is 45.7 Å². The van der Waals surface area contributed by atoms with Crippen molar-refractivity contribution >= 4 is 46.5 Å². The van der Waals surface area contributed by atoms with E-state index >= 15 is 0 Å². The summed E-state index contributed by atoms with van der Waals surface area (Å²) in [5.74, 6) is -0.591. The minimum atomic E-state index is -0.793. The molecule has 0 aromatic heterocycles. The number of ether oxygens (including phenoxy) is 2. The van der Waals surface area contributed by atoms with E-state index in [2.05, 4.69) is 5.32 Å². The Morgan fingerprint density at radius 1 is 1.39 bits per heavy atom. The summed E-state index contributed by atoms with van der Waals surface area (Å²) in [7, 11) is 1.45. The third-order valence-corrected chi connectivity index (χ3v) is 4.49. The number of hydrogen-bond donors (Lipinski definition) is 2. The SMILES string of the molecule is COc1c(Cl)cccc1NC(=S)C1=C(O)CC(C)N(C(=O)OC(C)(C)C)C1=O. The van der Waals surface area contributed by atoms with Gasteiger partial charge in [-0.2, -0.15) is 0 Å². The molecule has 0 bridgehead atoms. The topological polar surface area (TPSA) is 88.1 Å². The molecule has 9 heteroatoms. The Morgan fingerprint density at radius 2 is 2.04 bits per heavy atom. The summed E-state index contributed by atoms with van der Waals surface area (Å²) in [6.07, 6.45) is -0.729. The largest absolute Gasteiger partial charge is 0.511 e. The van der Waals surface area contributed by atoms with Gasteiger partial charge >= 0.3 is 6.09 Å². The normalized spacial score (nSPS) is 17.4. The van der Waals surface area contributed by atoms with Gasteiger partial charge in [-0.25, -0.2) is 9.69 Å². The first-order valence-corrected chi connectivity index (χ1v) is 9.37. The Bertz CT molecular complexity index is 847. The molecule has 1 heterocycles. The lowest BCUT2D eigenvalue weighted by molar-refractivity contribution is -0.128. The fraction of sp³-hybridized carbons (Fsp3) is 0.421. The number of para-hydroxylation sites is 1. The number of carbonyl (C=O) groups is 2. The first-order valence-electron chi connectivity index (χ1n) is 8.58. The summed E-state index contributed by atoms with van der Waals surface area (Å²) in [4.78, 5) is 26.3. The lowest BCUT2D eigenvalue weighted by atomic mass is 10.0. The number of hydrogen-bond acceptors (Lipinski definition) is 6. The highest BCUT2D eigenvalue weighted by molar-refractivity contribution is 7.81. The highest BCUT2D eigenvalue weighted by Crippen LogP contribution is 2.34. The highest BCUT2D eigenvalue weighted by atomic mass is 35.5. The van der Waals surface area contributed by atoms with E-state index in [0.717, 1.165) is 4.90 Å². The standard InChI is InChI=1S/C19H23ClN2O5S/c1-10-9-13(23)14(17(24)22(10)18(25)27-19(2,3)4)16(28)21-12-8-6-7-11(20)15(12)26-5/h6-8,10,23H,9H2,1-5H3,(H,21,28). The fourth-order valence-electron chi connectivity index (χ4n) is 2.72. The molecule has 1 aromatic carbocycles. The molecular formula is C19H23ClN2O5S. The second-order valence-corrected chi connectivity index (χ2v) is 8.12. The van der Waals surface area contributed by atoms with Crippen LogP contribution in [0, 0.1) is 0 Å². The molecule has 152 valence electrons. The number of carbonyl (C=O) groups excluding carboxylic acids is 2. The van der Waals surface area contributed by atoms with Crippen LogP contribution >= 0.6 is 23.8 Å². The second-order valence-electron chi connectivity index (χ2n) is 7.31. The average molecular weight is 427 g/mol. The summed E-state index contributed by atoms with van der Waals surface area (Å²) in [6.45, 7) is 6.76. The van der Waals surface area contributed by atoms with Crippen molar-refractivity contribution in [2.45, 2.75) is 45.8 Å². The van der Waals surface area contributed by atoms with Gasteiger partial charge in [0.2, 0.25) is 0 Å². The molecule has 1 atom stereocenters. The number of methoxy groups -OCH3 is 1. The van der Waals surface area contributed by atoms with Gasteiger partial charge in [0.05, 0.1) is 17.8 Å². The Balaban J connectivity index is 2.32. The van der Waals surface area contributed by atoms with Crippen molar-refractivity contribution in [3.8, 4) is 5.75 Å². The maximum Gasteiger partial charge on any atom is 0.417 e. The van der Waals surface area contributed by atoms with Crippen molar-refractivity contribution < 1.29 is 24.2 Å². The van der Waals surface area contributed by atoms with Crippen LogP contribution in [0.5, 0.6) is 5.75 Å². The van der Waals surface area contributed by atoms with Gasteiger partial charge in [0, 0.05) is 12.5 Å². The van der Waals surface area contributed by atoms with Gasteiger partial charge in [0.25, 0.3) is 5.91 Å². The van der Waals surface area contributed by atoms with E-state index in [-0.39, 0.29) is 22.7 Å². The zero-order valence-electron chi connectivity index (χ0n) is 16.3. The highest BCUT2D eigenvalue weighted by Gasteiger charge is 2.40. The third kappa shape index (κ3) is 4.74. The number of aliphatic hydroxyl groups excluding tert-OH is 1. The predicted octanol–water partition coefficient (Wildman–Crippen LogP) is 4.46. The van der Waals surface area contributed by atoms with Crippen molar-refractivity contribution in [1.82, 2.24) is 4.90 Å². The van der Waals surface area contributed by atoms with E-state index in [4.69, 9.17) is 33.3 Å².